The Balaban J connectivity index is 1.47. The third-order valence-electron chi connectivity index (χ3n) is 7.05. The maximum atomic E-state index is 9.04. The van der Waals surface area contributed by atoms with Crippen LogP contribution in [0.15, 0.2) is 12.4 Å². The average molecular weight is 354 g/mol. The summed E-state index contributed by atoms with van der Waals surface area (Å²) in [5.41, 5.74) is 1.35. The molecule has 2 fully saturated rings. The molecule has 1 aromatic rings. The van der Waals surface area contributed by atoms with E-state index in [2.05, 4.69) is 32.3 Å². The van der Waals surface area contributed by atoms with E-state index in [1.165, 1.54) is 50.5 Å². The Morgan fingerprint density at radius 2 is 1.62 bits per heavy atom. The van der Waals surface area contributed by atoms with Crippen LogP contribution in [0.1, 0.15) is 108 Å². The Morgan fingerprint density at radius 3 is 2.19 bits per heavy atom. The van der Waals surface area contributed by atoms with Gasteiger partial charge in [-0.25, -0.2) is 9.97 Å². The van der Waals surface area contributed by atoms with Crippen molar-refractivity contribution in [3.63, 3.8) is 0 Å². The van der Waals surface area contributed by atoms with Crippen LogP contribution in [0.2, 0.25) is 0 Å². The smallest absolute Gasteiger partial charge is 0.131 e. The van der Waals surface area contributed by atoms with Crippen LogP contribution in [0.5, 0.6) is 0 Å². The molecule has 142 valence electrons. The molecular weight excluding hydrogens is 318 g/mol. The fraction of sp³-hybridized carbons (Fsp3) is 0.783. The highest BCUT2D eigenvalue weighted by atomic mass is 14.9. The summed E-state index contributed by atoms with van der Waals surface area (Å²) in [4.78, 5) is 9.45. The van der Waals surface area contributed by atoms with Crippen molar-refractivity contribution < 1.29 is 0 Å². The fourth-order valence-electron chi connectivity index (χ4n) is 4.76. The molecule has 1 heterocycles. The summed E-state index contributed by atoms with van der Waals surface area (Å²) in [6.07, 6.45) is 17.9. The molecule has 3 heteroatoms. The highest BCUT2D eigenvalue weighted by Crippen LogP contribution is 2.38. The van der Waals surface area contributed by atoms with Gasteiger partial charge in [-0.1, -0.05) is 33.1 Å². The Hall–Kier alpha value is -1.43. The van der Waals surface area contributed by atoms with Crippen LogP contribution in [0.3, 0.4) is 0 Å². The van der Waals surface area contributed by atoms with Gasteiger partial charge in [-0.05, 0) is 74.7 Å². The second kappa shape index (κ2) is 9.49. The van der Waals surface area contributed by atoms with Gasteiger partial charge in [-0.15, -0.1) is 0 Å². The number of nitrogens with zero attached hydrogens (tertiary/aromatic N) is 3. The van der Waals surface area contributed by atoms with E-state index in [9.17, 15) is 0 Å². The van der Waals surface area contributed by atoms with Crippen LogP contribution in [0.25, 0.3) is 0 Å². The van der Waals surface area contributed by atoms with E-state index in [-0.39, 0.29) is 5.92 Å². The molecular formula is C23H35N3. The van der Waals surface area contributed by atoms with Crippen molar-refractivity contribution in [3.05, 3.63) is 23.8 Å². The van der Waals surface area contributed by atoms with Crippen molar-refractivity contribution in [1.29, 1.82) is 5.26 Å². The van der Waals surface area contributed by atoms with Crippen molar-refractivity contribution in [2.75, 3.05) is 0 Å². The van der Waals surface area contributed by atoms with Gasteiger partial charge in [0.2, 0.25) is 0 Å². The number of rotatable bonds is 6. The predicted octanol–water partition coefficient (Wildman–Crippen LogP) is 6.37. The molecule has 2 aliphatic rings. The van der Waals surface area contributed by atoms with Gasteiger partial charge in [0.15, 0.2) is 0 Å². The summed E-state index contributed by atoms with van der Waals surface area (Å²) < 4.78 is 0. The Morgan fingerprint density at radius 1 is 1.00 bits per heavy atom. The van der Waals surface area contributed by atoms with E-state index >= 15 is 0 Å². The lowest BCUT2D eigenvalue weighted by Gasteiger charge is -2.29. The van der Waals surface area contributed by atoms with Gasteiger partial charge in [0.1, 0.15) is 5.82 Å². The van der Waals surface area contributed by atoms with Crippen LogP contribution < -0.4 is 0 Å². The molecule has 0 saturated heterocycles. The second-order valence-electron chi connectivity index (χ2n) is 8.86. The van der Waals surface area contributed by atoms with E-state index in [0.29, 0.717) is 11.8 Å². The molecule has 3 nitrogen and oxygen atoms in total. The monoisotopic (exact) mass is 353 g/mol. The molecule has 0 aromatic carbocycles. The molecule has 2 aliphatic carbocycles. The van der Waals surface area contributed by atoms with Crippen LogP contribution in [-0.4, -0.2) is 9.97 Å². The maximum absolute atomic E-state index is 9.04. The minimum Gasteiger partial charge on any atom is -0.241 e. The van der Waals surface area contributed by atoms with Gasteiger partial charge < -0.3 is 0 Å². The minimum absolute atomic E-state index is 0.251. The molecule has 26 heavy (non-hydrogen) atoms. The molecule has 3 rings (SSSR count). The molecule has 1 atom stereocenters. The van der Waals surface area contributed by atoms with Gasteiger partial charge in [-0.2, -0.15) is 5.26 Å². The Kier molecular flexibility index (Phi) is 7.06. The van der Waals surface area contributed by atoms with Crippen molar-refractivity contribution >= 4 is 0 Å². The molecule has 0 N–H and O–H groups in total. The second-order valence-corrected chi connectivity index (χ2v) is 8.86. The first-order chi connectivity index (χ1) is 12.7. The summed E-state index contributed by atoms with van der Waals surface area (Å²) in [7, 11) is 0. The normalized spacial score (nSPS) is 30.5. The third-order valence-corrected chi connectivity index (χ3v) is 7.05. The molecule has 0 amide bonds. The lowest BCUT2D eigenvalue weighted by atomic mass is 9.77. The number of hydrogen-bond acceptors (Lipinski definition) is 3. The Bertz CT molecular complexity index is 572. The van der Waals surface area contributed by atoms with Crippen LogP contribution >= 0.6 is 0 Å². The number of hydrogen-bond donors (Lipinski definition) is 0. The maximum Gasteiger partial charge on any atom is 0.131 e. The molecule has 0 aliphatic heterocycles. The van der Waals surface area contributed by atoms with E-state index in [1.807, 2.05) is 0 Å². The largest absolute Gasteiger partial charge is 0.241 e. The third kappa shape index (κ3) is 5.06. The van der Waals surface area contributed by atoms with E-state index in [0.717, 1.165) is 43.3 Å². The minimum atomic E-state index is 0.251. The van der Waals surface area contributed by atoms with Gasteiger partial charge in [0.05, 0.1) is 6.07 Å². The first-order valence-electron chi connectivity index (χ1n) is 10.9. The Labute approximate surface area is 159 Å². The lowest BCUT2D eigenvalue weighted by Crippen LogP contribution is -2.16. The summed E-state index contributed by atoms with van der Waals surface area (Å²) in [5, 5.41) is 9.04. The summed E-state index contributed by atoms with van der Waals surface area (Å²) >= 11 is 0. The molecule has 1 aromatic heterocycles. The zero-order valence-corrected chi connectivity index (χ0v) is 16.7. The summed E-state index contributed by atoms with van der Waals surface area (Å²) in [6.45, 7) is 4.69. The topological polar surface area (TPSA) is 49.6 Å². The molecule has 1 unspecified atom stereocenters. The molecule has 0 radical (unpaired) electrons. The predicted molar refractivity (Wildman–Crippen MR) is 106 cm³/mol. The van der Waals surface area contributed by atoms with E-state index in [4.69, 9.17) is 15.2 Å². The van der Waals surface area contributed by atoms with Crippen LogP contribution in [0, 0.1) is 29.1 Å². The highest BCUT2D eigenvalue weighted by Gasteiger charge is 2.26. The zero-order valence-electron chi connectivity index (χ0n) is 16.7. The van der Waals surface area contributed by atoms with E-state index < -0.39 is 0 Å². The van der Waals surface area contributed by atoms with Gasteiger partial charge in [0.25, 0.3) is 0 Å². The zero-order chi connectivity index (χ0) is 18.4. The first kappa shape index (κ1) is 19.3. The van der Waals surface area contributed by atoms with E-state index in [1.54, 1.807) is 0 Å². The lowest BCUT2D eigenvalue weighted by molar-refractivity contribution is 0.288. The number of aromatic nitrogens is 2. The summed E-state index contributed by atoms with van der Waals surface area (Å²) in [6, 6.07) is 2.41. The first-order valence-corrected chi connectivity index (χ1v) is 10.9. The van der Waals surface area contributed by atoms with Crippen molar-refractivity contribution in [2.24, 2.45) is 17.8 Å². The fourth-order valence-corrected chi connectivity index (χ4v) is 4.76. The SMILES string of the molecule is CCC(C)CCC1CCC(c2cnc(C3CCC(C#N)CC3)nc2)CC1. The molecule has 2 saturated carbocycles. The highest BCUT2D eigenvalue weighted by molar-refractivity contribution is 5.14. The van der Waals surface area contributed by atoms with Crippen molar-refractivity contribution in [2.45, 2.75) is 96.3 Å². The number of nitriles is 1. The van der Waals surface area contributed by atoms with Gasteiger partial charge in [-0.3, -0.25) is 0 Å². The molecule has 0 spiro atoms. The van der Waals surface area contributed by atoms with Crippen LogP contribution in [0.4, 0.5) is 0 Å². The van der Waals surface area contributed by atoms with Crippen molar-refractivity contribution in [3.8, 4) is 6.07 Å². The van der Waals surface area contributed by atoms with Gasteiger partial charge >= 0.3 is 0 Å². The standard InChI is InChI=1S/C23H35N3/c1-3-17(2)4-5-18-6-10-20(11-7-18)22-15-25-23(26-16-22)21-12-8-19(14-24)9-13-21/h15-21H,3-13H2,1-2H3. The van der Waals surface area contributed by atoms with Crippen LogP contribution in [-0.2, 0) is 0 Å². The average Bonchev–Trinajstić information content (AvgIpc) is 2.72. The summed E-state index contributed by atoms with van der Waals surface area (Å²) in [5.74, 6) is 4.21. The van der Waals surface area contributed by atoms with Gasteiger partial charge in [0, 0.05) is 24.2 Å². The molecule has 0 bridgehead atoms. The van der Waals surface area contributed by atoms with Crippen molar-refractivity contribution in [1.82, 2.24) is 9.97 Å². The quantitative estimate of drug-likeness (QED) is 0.596.